The maximum atomic E-state index is 3.58. The van der Waals surface area contributed by atoms with E-state index < -0.39 is 0 Å². The minimum absolute atomic E-state index is 1.07. The van der Waals surface area contributed by atoms with E-state index in [2.05, 4.69) is 58.1 Å². The third-order valence-corrected chi connectivity index (χ3v) is 4.33. The molecule has 0 aliphatic rings. The summed E-state index contributed by atoms with van der Waals surface area (Å²) in [6.07, 6.45) is 11.2. The number of rotatable bonds is 13. The van der Waals surface area contributed by atoms with Gasteiger partial charge in [0.2, 0.25) is 0 Å². The molecule has 0 aliphatic heterocycles. The summed E-state index contributed by atoms with van der Waals surface area (Å²) >= 11 is 3.58. The molecule has 0 saturated heterocycles. The molecule has 0 N–H and O–H groups in total. The first kappa shape index (κ1) is 18.7. The van der Waals surface area contributed by atoms with Crippen molar-refractivity contribution >= 4 is 15.9 Å². The molecule has 0 saturated carbocycles. The number of nitrogens with zero attached hydrogens (tertiary/aromatic N) is 1. The Morgan fingerprint density at radius 3 is 2.05 bits per heavy atom. The van der Waals surface area contributed by atoms with Crippen LogP contribution in [0, 0.1) is 0 Å². The molecule has 1 aromatic rings. The van der Waals surface area contributed by atoms with Crippen LogP contribution in [0.5, 0.6) is 0 Å². The van der Waals surface area contributed by atoms with E-state index in [1.807, 2.05) is 0 Å². The van der Waals surface area contributed by atoms with E-state index in [1.165, 1.54) is 63.5 Å². The van der Waals surface area contributed by atoms with E-state index in [4.69, 9.17) is 0 Å². The van der Waals surface area contributed by atoms with Gasteiger partial charge in [0.25, 0.3) is 0 Å². The molecule has 0 heterocycles. The van der Waals surface area contributed by atoms with Gasteiger partial charge in [0.1, 0.15) is 0 Å². The zero-order valence-corrected chi connectivity index (χ0v) is 15.3. The van der Waals surface area contributed by atoms with Crippen molar-refractivity contribution in [1.29, 1.82) is 0 Å². The highest BCUT2D eigenvalue weighted by molar-refractivity contribution is 9.09. The number of benzene rings is 1. The number of hydrogen-bond donors (Lipinski definition) is 0. The lowest BCUT2D eigenvalue weighted by Crippen LogP contribution is -2.26. The fourth-order valence-corrected chi connectivity index (χ4v) is 3.20. The largest absolute Gasteiger partial charge is 0.298 e. The van der Waals surface area contributed by atoms with Gasteiger partial charge >= 0.3 is 0 Å². The van der Waals surface area contributed by atoms with E-state index in [0.29, 0.717) is 0 Å². The standard InChI is InChI=1S/C19H32BrN/c1-2-3-4-5-6-7-8-12-16-21(17-15-20)18-19-13-10-9-11-14-19/h9-11,13-14H,2-8,12,15-18H2,1H3. The first-order valence-electron chi connectivity index (χ1n) is 8.69. The van der Waals surface area contributed by atoms with Gasteiger partial charge in [-0.3, -0.25) is 4.90 Å². The van der Waals surface area contributed by atoms with Crippen LogP contribution < -0.4 is 0 Å². The fraction of sp³-hybridized carbons (Fsp3) is 0.684. The van der Waals surface area contributed by atoms with E-state index in [1.54, 1.807) is 0 Å². The summed E-state index contributed by atoms with van der Waals surface area (Å²) in [5, 5.41) is 1.07. The molecule has 1 rings (SSSR count). The van der Waals surface area contributed by atoms with Crippen molar-refractivity contribution in [3.05, 3.63) is 35.9 Å². The fourth-order valence-electron chi connectivity index (χ4n) is 2.70. The minimum atomic E-state index is 1.07. The molecule has 0 aliphatic carbocycles. The summed E-state index contributed by atoms with van der Waals surface area (Å²) in [7, 11) is 0. The Morgan fingerprint density at radius 2 is 1.43 bits per heavy atom. The van der Waals surface area contributed by atoms with Crippen molar-refractivity contribution in [2.45, 2.75) is 64.8 Å². The first-order chi connectivity index (χ1) is 10.4. The van der Waals surface area contributed by atoms with Crippen LogP contribution >= 0.6 is 15.9 Å². The molecule has 0 bridgehead atoms. The molecular formula is C19H32BrN. The van der Waals surface area contributed by atoms with E-state index in [0.717, 1.165) is 18.4 Å². The van der Waals surface area contributed by atoms with Crippen LogP contribution in [0.2, 0.25) is 0 Å². The van der Waals surface area contributed by atoms with Crippen molar-refractivity contribution in [1.82, 2.24) is 4.90 Å². The highest BCUT2D eigenvalue weighted by atomic mass is 79.9. The molecule has 0 fully saturated rings. The molecule has 1 aromatic carbocycles. The van der Waals surface area contributed by atoms with Crippen molar-refractivity contribution in [3.8, 4) is 0 Å². The second-order valence-corrected chi connectivity index (χ2v) is 6.72. The normalized spacial score (nSPS) is 11.2. The van der Waals surface area contributed by atoms with Gasteiger partial charge in [-0.1, -0.05) is 98.1 Å². The van der Waals surface area contributed by atoms with Crippen LogP contribution in [0.25, 0.3) is 0 Å². The summed E-state index contributed by atoms with van der Waals surface area (Å²) in [6, 6.07) is 10.8. The van der Waals surface area contributed by atoms with Gasteiger partial charge in [-0.25, -0.2) is 0 Å². The molecule has 0 aromatic heterocycles. The lowest BCUT2D eigenvalue weighted by molar-refractivity contribution is 0.275. The molecule has 21 heavy (non-hydrogen) atoms. The third-order valence-electron chi connectivity index (χ3n) is 3.98. The topological polar surface area (TPSA) is 3.24 Å². The van der Waals surface area contributed by atoms with Crippen LogP contribution in [0.1, 0.15) is 63.9 Å². The molecule has 2 heteroatoms. The van der Waals surface area contributed by atoms with Crippen LogP contribution in [-0.4, -0.2) is 23.3 Å². The number of unbranched alkanes of at least 4 members (excludes halogenated alkanes) is 7. The Hall–Kier alpha value is -0.340. The second kappa shape index (κ2) is 13.3. The molecule has 1 nitrogen and oxygen atoms in total. The van der Waals surface area contributed by atoms with Crippen LogP contribution in [0.15, 0.2) is 30.3 Å². The predicted molar refractivity (Wildman–Crippen MR) is 98.1 cm³/mol. The Morgan fingerprint density at radius 1 is 0.810 bits per heavy atom. The van der Waals surface area contributed by atoms with E-state index >= 15 is 0 Å². The molecule has 120 valence electrons. The molecular weight excluding hydrogens is 322 g/mol. The van der Waals surface area contributed by atoms with Gasteiger partial charge in [-0.15, -0.1) is 0 Å². The molecule has 0 amide bonds. The molecule has 0 spiro atoms. The molecule has 0 atom stereocenters. The first-order valence-corrected chi connectivity index (χ1v) is 9.81. The second-order valence-electron chi connectivity index (χ2n) is 5.93. The van der Waals surface area contributed by atoms with Crippen molar-refractivity contribution in [3.63, 3.8) is 0 Å². The quantitative estimate of drug-likeness (QED) is 0.309. The predicted octanol–water partition coefficient (Wildman–Crippen LogP) is 6.02. The zero-order valence-electron chi connectivity index (χ0n) is 13.7. The maximum Gasteiger partial charge on any atom is 0.0234 e. The van der Waals surface area contributed by atoms with Crippen LogP contribution in [0.3, 0.4) is 0 Å². The summed E-state index contributed by atoms with van der Waals surface area (Å²) in [5.41, 5.74) is 1.43. The van der Waals surface area contributed by atoms with Crippen LogP contribution in [0.4, 0.5) is 0 Å². The Bertz CT molecular complexity index is 326. The third kappa shape index (κ3) is 10.1. The van der Waals surface area contributed by atoms with Gasteiger partial charge in [-0.2, -0.15) is 0 Å². The Kier molecular flexibility index (Phi) is 11.9. The van der Waals surface area contributed by atoms with Crippen LogP contribution in [-0.2, 0) is 6.54 Å². The van der Waals surface area contributed by atoms with Gasteiger partial charge in [-0.05, 0) is 18.5 Å². The maximum absolute atomic E-state index is 3.58. The Labute approximate surface area is 140 Å². The highest BCUT2D eigenvalue weighted by Gasteiger charge is 2.04. The average Bonchev–Trinajstić information content (AvgIpc) is 2.51. The summed E-state index contributed by atoms with van der Waals surface area (Å²) in [6.45, 7) is 5.75. The van der Waals surface area contributed by atoms with Gasteiger partial charge < -0.3 is 0 Å². The monoisotopic (exact) mass is 353 g/mol. The van der Waals surface area contributed by atoms with E-state index in [-0.39, 0.29) is 0 Å². The Balaban J connectivity index is 2.11. The number of halogens is 1. The molecule has 0 radical (unpaired) electrons. The SMILES string of the molecule is CCCCCCCCCCN(CCBr)Cc1ccccc1. The summed E-state index contributed by atoms with van der Waals surface area (Å²) in [5.74, 6) is 0. The van der Waals surface area contributed by atoms with Gasteiger partial charge in [0.05, 0.1) is 0 Å². The highest BCUT2D eigenvalue weighted by Crippen LogP contribution is 2.10. The zero-order chi connectivity index (χ0) is 15.2. The van der Waals surface area contributed by atoms with Gasteiger partial charge in [0.15, 0.2) is 0 Å². The lowest BCUT2D eigenvalue weighted by atomic mass is 10.1. The average molecular weight is 354 g/mol. The van der Waals surface area contributed by atoms with E-state index in [9.17, 15) is 0 Å². The van der Waals surface area contributed by atoms with Gasteiger partial charge in [0, 0.05) is 18.4 Å². The number of hydrogen-bond acceptors (Lipinski definition) is 1. The van der Waals surface area contributed by atoms with Crippen molar-refractivity contribution < 1.29 is 0 Å². The smallest absolute Gasteiger partial charge is 0.0234 e. The number of alkyl halides is 1. The lowest BCUT2D eigenvalue weighted by Gasteiger charge is -2.21. The van der Waals surface area contributed by atoms with Crippen molar-refractivity contribution in [2.24, 2.45) is 0 Å². The van der Waals surface area contributed by atoms with Crippen molar-refractivity contribution in [2.75, 3.05) is 18.4 Å². The summed E-state index contributed by atoms with van der Waals surface area (Å²) in [4.78, 5) is 2.57. The minimum Gasteiger partial charge on any atom is -0.298 e. The molecule has 0 unspecified atom stereocenters. The summed E-state index contributed by atoms with van der Waals surface area (Å²) < 4.78 is 0.